The van der Waals surface area contributed by atoms with Gasteiger partial charge < -0.3 is 19.7 Å². The predicted octanol–water partition coefficient (Wildman–Crippen LogP) is 3.17. The fraction of sp³-hybridized carbons (Fsp3) is 0.435. The van der Waals surface area contributed by atoms with Crippen LogP contribution in [0.1, 0.15) is 39.4 Å². The molecule has 1 aliphatic heterocycles. The fourth-order valence-corrected chi connectivity index (χ4v) is 4.72. The Labute approximate surface area is 192 Å². The van der Waals surface area contributed by atoms with E-state index in [1.807, 2.05) is 18.2 Å². The first kappa shape index (κ1) is 23.7. The van der Waals surface area contributed by atoms with Gasteiger partial charge in [0.05, 0.1) is 25.3 Å². The number of rotatable bonds is 8. The lowest BCUT2D eigenvalue weighted by Gasteiger charge is -2.35. The molecule has 0 saturated carbocycles. The lowest BCUT2D eigenvalue weighted by Crippen LogP contribution is -2.48. The van der Waals surface area contributed by atoms with Crippen LogP contribution in [0.3, 0.4) is 0 Å². The Balaban J connectivity index is 1.65. The van der Waals surface area contributed by atoms with E-state index in [0.717, 1.165) is 37.5 Å². The Hall–Kier alpha value is -2.91. The molecule has 32 heavy (non-hydrogen) atoms. The number of nitrogens with zero attached hydrogens (tertiary/aromatic N) is 2. The average Bonchev–Trinajstić information content (AvgIpc) is 3.11. The van der Waals surface area contributed by atoms with Gasteiger partial charge in [-0.2, -0.15) is 0 Å². The number of hydrogen-bond donors (Lipinski definition) is 1. The number of piperazine rings is 1. The third kappa shape index (κ3) is 5.66. The van der Waals surface area contributed by atoms with Gasteiger partial charge in [0.15, 0.2) is 0 Å². The number of carbonyl (C=O) groups is 3. The molecule has 1 aliphatic rings. The zero-order chi connectivity index (χ0) is 23.1. The molecule has 0 radical (unpaired) electrons. The molecule has 0 bridgehead atoms. The second kappa shape index (κ2) is 11.1. The highest BCUT2D eigenvalue weighted by Gasteiger charge is 2.28. The monoisotopic (exact) mass is 459 g/mol. The molecule has 1 aromatic heterocycles. The standard InChI is InChI=1S/C23H29N3O5S/c1-4-30-22(28)19-16(3)20(23(29)31-5-2)32-21(19)24-18(27)15-25-11-13-26(14-12-25)17-9-7-6-8-10-17/h6-10H,4-5,11-15H2,1-3H3,(H,24,27). The molecule has 0 atom stereocenters. The molecule has 2 aromatic rings. The van der Waals surface area contributed by atoms with Crippen LogP contribution in [-0.2, 0) is 14.3 Å². The molecule has 172 valence electrons. The SMILES string of the molecule is CCOC(=O)c1sc(NC(=O)CN2CCN(c3ccccc3)CC2)c(C(=O)OCC)c1C. The van der Waals surface area contributed by atoms with Crippen LogP contribution in [0.5, 0.6) is 0 Å². The van der Waals surface area contributed by atoms with Gasteiger partial charge in [0, 0.05) is 31.9 Å². The van der Waals surface area contributed by atoms with Gasteiger partial charge in [0.2, 0.25) is 5.91 Å². The van der Waals surface area contributed by atoms with Crippen molar-refractivity contribution in [3.8, 4) is 0 Å². The van der Waals surface area contributed by atoms with Crippen molar-refractivity contribution in [1.29, 1.82) is 0 Å². The molecule has 1 aromatic carbocycles. The van der Waals surface area contributed by atoms with E-state index in [-0.39, 0.29) is 31.2 Å². The van der Waals surface area contributed by atoms with E-state index < -0.39 is 11.9 Å². The van der Waals surface area contributed by atoms with Crippen molar-refractivity contribution < 1.29 is 23.9 Å². The number of esters is 2. The van der Waals surface area contributed by atoms with Gasteiger partial charge >= 0.3 is 11.9 Å². The number of benzene rings is 1. The lowest BCUT2D eigenvalue weighted by atomic mass is 10.1. The van der Waals surface area contributed by atoms with Gasteiger partial charge in [0.25, 0.3) is 0 Å². The fourth-order valence-electron chi connectivity index (χ4n) is 3.61. The van der Waals surface area contributed by atoms with Crippen molar-refractivity contribution in [2.24, 2.45) is 0 Å². The van der Waals surface area contributed by atoms with Crippen molar-refractivity contribution >= 4 is 39.9 Å². The normalized spacial score (nSPS) is 14.2. The number of para-hydroxylation sites is 1. The molecule has 0 spiro atoms. The molecule has 1 amide bonds. The van der Waals surface area contributed by atoms with E-state index in [4.69, 9.17) is 9.47 Å². The molecule has 1 saturated heterocycles. The summed E-state index contributed by atoms with van der Waals surface area (Å²) in [6, 6.07) is 10.2. The third-order valence-corrected chi connectivity index (χ3v) is 6.39. The smallest absolute Gasteiger partial charge is 0.348 e. The van der Waals surface area contributed by atoms with Crippen LogP contribution in [0.15, 0.2) is 30.3 Å². The summed E-state index contributed by atoms with van der Waals surface area (Å²) < 4.78 is 10.2. The third-order valence-electron chi connectivity index (χ3n) is 5.20. The first-order chi connectivity index (χ1) is 15.4. The minimum absolute atomic E-state index is 0.196. The number of amides is 1. The molecule has 3 rings (SSSR count). The van der Waals surface area contributed by atoms with E-state index in [0.29, 0.717) is 15.4 Å². The summed E-state index contributed by atoms with van der Waals surface area (Å²) in [5, 5.41) is 3.13. The summed E-state index contributed by atoms with van der Waals surface area (Å²) >= 11 is 1.04. The lowest BCUT2D eigenvalue weighted by molar-refractivity contribution is -0.117. The van der Waals surface area contributed by atoms with Gasteiger partial charge in [-0.1, -0.05) is 18.2 Å². The largest absolute Gasteiger partial charge is 0.462 e. The van der Waals surface area contributed by atoms with E-state index in [1.54, 1.807) is 20.8 Å². The highest BCUT2D eigenvalue weighted by Crippen LogP contribution is 2.34. The molecule has 9 heteroatoms. The maximum Gasteiger partial charge on any atom is 0.348 e. The van der Waals surface area contributed by atoms with Crippen LogP contribution in [-0.4, -0.2) is 68.7 Å². The van der Waals surface area contributed by atoms with Gasteiger partial charge in [-0.05, 0) is 38.5 Å². The minimum Gasteiger partial charge on any atom is -0.462 e. The van der Waals surface area contributed by atoms with E-state index in [9.17, 15) is 14.4 Å². The second-order valence-electron chi connectivity index (χ2n) is 7.35. The Morgan fingerprint density at radius 2 is 1.59 bits per heavy atom. The van der Waals surface area contributed by atoms with Crippen LogP contribution >= 0.6 is 11.3 Å². The Kier molecular flexibility index (Phi) is 8.24. The zero-order valence-corrected chi connectivity index (χ0v) is 19.5. The molecule has 1 fully saturated rings. The van der Waals surface area contributed by atoms with Crippen LogP contribution in [0.2, 0.25) is 0 Å². The first-order valence-corrected chi connectivity index (χ1v) is 11.6. The van der Waals surface area contributed by atoms with Crippen LogP contribution in [0.4, 0.5) is 10.7 Å². The number of thiophene rings is 1. The average molecular weight is 460 g/mol. The van der Waals surface area contributed by atoms with Crippen LogP contribution < -0.4 is 10.2 Å². The van der Waals surface area contributed by atoms with Gasteiger partial charge in [-0.15, -0.1) is 11.3 Å². The Morgan fingerprint density at radius 3 is 2.22 bits per heavy atom. The molecule has 2 heterocycles. The Bertz CT molecular complexity index is 952. The quantitative estimate of drug-likeness (QED) is 0.607. The summed E-state index contributed by atoms with van der Waals surface area (Å²) in [6.07, 6.45) is 0. The topological polar surface area (TPSA) is 88.2 Å². The van der Waals surface area contributed by atoms with Crippen molar-refractivity contribution in [2.45, 2.75) is 20.8 Å². The van der Waals surface area contributed by atoms with Crippen LogP contribution in [0, 0.1) is 6.92 Å². The van der Waals surface area contributed by atoms with Crippen LogP contribution in [0.25, 0.3) is 0 Å². The van der Waals surface area contributed by atoms with Crippen molar-refractivity contribution in [3.05, 3.63) is 46.3 Å². The predicted molar refractivity (Wildman–Crippen MR) is 125 cm³/mol. The summed E-state index contributed by atoms with van der Waals surface area (Å²) in [4.78, 5) is 42.2. The molecule has 0 aliphatic carbocycles. The number of nitrogens with one attached hydrogen (secondary N) is 1. The first-order valence-electron chi connectivity index (χ1n) is 10.7. The maximum absolute atomic E-state index is 12.8. The van der Waals surface area contributed by atoms with E-state index in [2.05, 4.69) is 27.2 Å². The molecule has 1 N–H and O–H groups in total. The molecule has 8 nitrogen and oxygen atoms in total. The summed E-state index contributed by atoms with van der Waals surface area (Å²) in [7, 11) is 0. The molecular weight excluding hydrogens is 430 g/mol. The number of anilines is 2. The van der Waals surface area contributed by atoms with Gasteiger partial charge in [-0.25, -0.2) is 9.59 Å². The molecular formula is C23H29N3O5S. The minimum atomic E-state index is -0.566. The van der Waals surface area contributed by atoms with Gasteiger partial charge in [-0.3, -0.25) is 9.69 Å². The number of hydrogen-bond acceptors (Lipinski definition) is 8. The maximum atomic E-state index is 12.8. The summed E-state index contributed by atoms with van der Waals surface area (Å²) in [5.41, 5.74) is 1.84. The van der Waals surface area contributed by atoms with E-state index in [1.165, 1.54) is 5.69 Å². The van der Waals surface area contributed by atoms with Crippen molar-refractivity contribution in [2.75, 3.05) is 56.2 Å². The highest BCUT2D eigenvalue weighted by atomic mass is 32.1. The Morgan fingerprint density at radius 1 is 0.969 bits per heavy atom. The number of ether oxygens (including phenoxy) is 2. The second-order valence-corrected chi connectivity index (χ2v) is 8.37. The summed E-state index contributed by atoms with van der Waals surface area (Å²) in [6.45, 7) is 8.88. The number of carbonyl (C=O) groups excluding carboxylic acids is 3. The summed E-state index contributed by atoms with van der Waals surface area (Å²) in [5.74, 6) is -1.32. The van der Waals surface area contributed by atoms with Crippen molar-refractivity contribution in [3.63, 3.8) is 0 Å². The van der Waals surface area contributed by atoms with Crippen molar-refractivity contribution in [1.82, 2.24) is 4.90 Å². The zero-order valence-electron chi connectivity index (χ0n) is 18.7. The molecule has 0 unspecified atom stereocenters. The van der Waals surface area contributed by atoms with E-state index >= 15 is 0 Å². The van der Waals surface area contributed by atoms with Gasteiger partial charge in [0.1, 0.15) is 9.88 Å². The highest BCUT2D eigenvalue weighted by molar-refractivity contribution is 7.18.